The number of carbonyl (C=O) groups excluding carboxylic acids is 2. The Bertz CT molecular complexity index is 1350. The Morgan fingerprint density at radius 1 is 0.449 bits per heavy atom. The lowest BCUT2D eigenvalue weighted by Crippen LogP contribution is -2.37. The van der Waals surface area contributed by atoms with Crippen LogP contribution >= 0.6 is 7.82 Å². The number of rotatable bonds is 52. The quantitative estimate of drug-likeness (QED) is 0.0211. The van der Waals surface area contributed by atoms with Gasteiger partial charge in [0.2, 0.25) is 0 Å². The van der Waals surface area contributed by atoms with Crippen LogP contribution in [0.15, 0.2) is 60.8 Å². The van der Waals surface area contributed by atoms with Crippen LogP contribution in [-0.2, 0) is 32.7 Å². The molecule has 9 nitrogen and oxygen atoms in total. The van der Waals surface area contributed by atoms with Gasteiger partial charge >= 0.3 is 19.8 Å². The van der Waals surface area contributed by atoms with E-state index in [1.807, 2.05) is 21.1 Å². The zero-order valence-corrected chi connectivity index (χ0v) is 46.4. The lowest BCUT2D eigenvalue weighted by Gasteiger charge is -2.24. The summed E-state index contributed by atoms with van der Waals surface area (Å²) in [5.41, 5.74) is 0. The topological polar surface area (TPSA) is 108 Å². The van der Waals surface area contributed by atoms with Crippen LogP contribution in [0.1, 0.15) is 251 Å². The third-order valence-corrected chi connectivity index (χ3v) is 13.3. The van der Waals surface area contributed by atoms with Gasteiger partial charge in [0.15, 0.2) is 6.10 Å². The summed E-state index contributed by atoms with van der Waals surface area (Å²) < 4.78 is 34.5. The van der Waals surface area contributed by atoms with Gasteiger partial charge in [-0.25, -0.2) is 4.57 Å². The highest BCUT2D eigenvalue weighted by atomic mass is 31.2. The third kappa shape index (κ3) is 54.9. The van der Waals surface area contributed by atoms with Gasteiger partial charge in [-0.05, 0) is 83.5 Å². The third-order valence-electron chi connectivity index (χ3n) is 12.3. The Labute approximate surface area is 426 Å². The second kappa shape index (κ2) is 50.6. The summed E-state index contributed by atoms with van der Waals surface area (Å²) in [6.07, 6.45) is 64.3. The molecule has 0 heterocycles. The van der Waals surface area contributed by atoms with E-state index in [2.05, 4.69) is 74.6 Å². The van der Waals surface area contributed by atoms with Gasteiger partial charge in [-0.2, -0.15) is 0 Å². The number of nitrogens with zero attached hydrogens (tertiary/aromatic N) is 1. The van der Waals surface area contributed by atoms with Crippen LogP contribution in [-0.4, -0.2) is 74.9 Å². The van der Waals surface area contributed by atoms with Crippen LogP contribution in [0.25, 0.3) is 0 Å². The van der Waals surface area contributed by atoms with Crippen molar-refractivity contribution < 1.29 is 42.1 Å². The first kappa shape index (κ1) is 66.7. The van der Waals surface area contributed by atoms with Gasteiger partial charge in [-0.1, -0.05) is 216 Å². The van der Waals surface area contributed by atoms with Gasteiger partial charge in [0.05, 0.1) is 27.7 Å². The summed E-state index contributed by atoms with van der Waals surface area (Å²) in [7, 11) is 1.47. The minimum Gasteiger partial charge on any atom is -0.462 e. The van der Waals surface area contributed by atoms with Crippen molar-refractivity contribution in [1.82, 2.24) is 0 Å². The zero-order chi connectivity index (χ0) is 50.6. The van der Waals surface area contributed by atoms with E-state index in [0.717, 1.165) is 77.0 Å². The van der Waals surface area contributed by atoms with Crippen molar-refractivity contribution in [2.24, 2.45) is 0 Å². The fourth-order valence-electron chi connectivity index (χ4n) is 7.82. The first-order chi connectivity index (χ1) is 33.5. The highest BCUT2D eigenvalue weighted by Gasteiger charge is 2.27. The van der Waals surface area contributed by atoms with Crippen molar-refractivity contribution in [2.45, 2.75) is 258 Å². The van der Waals surface area contributed by atoms with Crippen LogP contribution in [0.3, 0.4) is 0 Å². The van der Waals surface area contributed by atoms with E-state index >= 15 is 0 Å². The highest BCUT2D eigenvalue weighted by molar-refractivity contribution is 7.47. The molecule has 69 heavy (non-hydrogen) atoms. The number of phosphoric ester groups is 1. The number of ether oxygens (including phenoxy) is 2. The molecule has 0 spiro atoms. The van der Waals surface area contributed by atoms with Crippen molar-refractivity contribution in [3.05, 3.63) is 60.8 Å². The number of hydrogen-bond donors (Lipinski definition) is 1. The molecule has 10 heteroatoms. The number of allylic oxidation sites excluding steroid dienone is 10. The van der Waals surface area contributed by atoms with E-state index in [1.54, 1.807) is 0 Å². The lowest BCUT2D eigenvalue weighted by molar-refractivity contribution is -0.870. The van der Waals surface area contributed by atoms with E-state index in [0.29, 0.717) is 17.4 Å². The molecule has 0 rings (SSSR count). The maximum Gasteiger partial charge on any atom is 0.472 e. The molecule has 0 saturated heterocycles. The maximum atomic E-state index is 12.8. The van der Waals surface area contributed by atoms with E-state index in [4.69, 9.17) is 18.5 Å². The van der Waals surface area contributed by atoms with Crippen molar-refractivity contribution >= 4 is 19.8 Å². The SMILES string of the molecule is CCCCCC/C=C\C/C=C\CCCCCCCC(=O)OCC(COP(=O)(O)OCC[N+](C)(C)C)OC(=O)CCCCCCCCCCCCCCCC/C=C\C/C=C\C/C=C\CCCCCCC. The lowest BCUT2D eigenvalue weighted by atomic mass is 10.0. The number of quaternary nitrogens is 1. The molecule has 0 aromatic heterocycles. The molecular formula is C59H109NO8P+. The Hall–Kier alpha value is -2.29. The second-order valence-corrected chi connectivity index (χ2v) is 21.8. The maximum absolute atomic E-state index is 12.8. The smallest absolute Gasteiger partial charge is 0.462 e. The molecule has 0 bridgehead atoms. The summed E-state index contributed by atoms with van der Waals surface area (Å²) >= 11 is 0. The summed E-state index contributed by atoms with van der Waals surface area (Å²) in [5.74, 6) is -0.810. The van der Waals surface area contributed by atoms with Gasteiger partial charge in [-0.3, -0.25) is 18.6 Å². The Kier molecular flexibility index (Phi) is 49.0. The predicted octanol–water partition coefficient (Wildman–Crippen LogP) is 17.5. The fourth-order valence-corrected chi connectivity index (χ4v) is 8.56. The number of unbranched alkanes of at least 4 members (excludes halogenated alkanes) is 28. The molecule has 0 aliphatic heterocycles. The number of esters is 2. The molecular weight excluding hydrogens is 882 g/mol. The summed E-state index contributed by atoms with van der Waals surface area (Å²) in [4.78, 5) is 35.6. The molecule has 0 aliphatic rings. The minimum atomic E-state index is -4.39. The minimum absolute atomic E-state index is 0.0280. The largest absolute Gasteiger partial charge is 0.472 e. The molecule has 0 aromatic carbocycles. The van der Waals surface area contributed by atoms with Crippen molar-refractivity contribution in [2.75, 3.05) is 47.5 Å². The molecule has 2 atom stereocenters. The molecule has 1 N–H and O–H groups in total. The summed E-state index contributed by atoms with van der Waals surface area (Å²) in [6, 6.07) is 0. The molecule has 2 unspecified atom stereocenters. The van der Waals surface area contributed by atoms with Gasteiger partial charge in [0.1, 0.15) is 19.8 Å². The van der Waals surface area contributed by atoms with E-state index in [1.165, 1.54) is 141 Å². The van der Waals surface area contributed by atoms with Crippen molar-refractivity contribution in [3.63, 3.8) is 0 Å². The molecule has 0 amide bonds. The predicted molar refractivity (Wildman–Crippen MR) is 293 cm³/mol. The first-order valence-electron chi connectivity index (χ1n) is 28.5. The summed E-state index contributed by atoms with van der Waals surface area (Å²) in [5, 5.41) is 0. The Morgan fingerprint density at radius 3 is 1.17 bits per heavy atom. The Balaban J connectivity index is 4.14. The van der Waals surface area contributed by atoms with E-state index < -0.39 is 26.5 Å². The van der Waals surface area contributed by atoms with Crippen molar-refractivity contribution in [1.29, 1.82) is 0 Å². The van der Waals surface area contributed by atoms with Crippen LogP contribution in [0, 0.1) is 0 Å². The molecule has 0 aromatic rings. The number of hydrogen-bond acceptors (Lipinski definition) is 7. The number of carbonyl (C=O) groups is 2. The van der Waals surface area contributed by atoms with Gasteiger partial charge in [0, 0.05) is 12.8 Å². The van der Waals surface area contributed by atoms with Gasteiger partial charge in [-0.15, -0.1) is 0 Å². The molecule has 0 saturated carbocycles. The van der Waals surface area contributed by atoms with Crippen LogP contribution in [0.5, 0.6) is 0 Å². The second-order valence-electron chi connectivity index (χ2n) is 20.3. The van der Waals surface area contributed by atoms with E-state index in [9.17, 15) is 19.0 Å². The van der Waals surface area contributed by atoms with Gasteiger partial charge in [0.25, 0.3) is 0 Å². The first-order valence-corrected chi connectivity index (χ1v) is 30.0. The highest BCUT2D eigenvalue weighted by Crippen LogP contribution is 2.43. The molecule has 0 radical (unpaired) electrons. The zero-order valence-electron chi connectivity index (χ0n) is 45.5. The normalized spacial score (nSPS) is 13.8. The molecule has 0 fully saturated rings. The van der Waals surface area contributed by atoms with Crippen LogP contribution in [0.4, 0.5) is 0 Å². The average Bonchev–Trinajstić information content (AvgIpc) is 3.31. The fraction of sp³-hybridized carbons (Fsp3) is 0.797. The standard InChI is InChI=1S/C59H108NO8P/c1-6-8-10-12-14-16-18-20-22-24-25-26-27-28-29-30-31-32-33-34-35-36-38-40-42-44-46-48-50-52-59(62)68-57(56-67-69(63,64)66-54-53-60(3,4)5)55-65-58(61)51-49-47-45-43-41-39-37-23-21-19-17-15-13-11-9-7-2/h17-20,23-25,27-28,37,57H,6-16,21-22,26,29-36,38-56H2,1-5H3/p+1/b19-17-,20-18-,25-24-,28-27-,37-23-. The van der Waals surface area contributed by atoms with Crippen LogP contribution in [0.2, 0.25) is 0 Å². The number of likely N-dealkylation sites (N-methyl/N-ethyl adjacent to an activating group) is 1. The van der Waals surface area contributed by atoms with Crippen molar-refractivity contribution in [3.8, 4) is 0 Å². The molecule has 402 valence electrons. The summed E-state index contributed by atoms with van der Waals surface area (Å²) in [6.45, 7) is 4.40. The van der Waals surface area contributed by atoms with Gasteiger partial charge < -0.3 is 18.9 Å². The number of phosphoric acid groups is 1. The Morgan fingerprint density at radius 2 is 0.783 bits per heavy atom. The van der Waals surface area contributed by atoms with E-state index in [-0.39, 0.29) is 32.0 Å². The molecule has 0 aliphatic carbocycles. The monoisotopic (exact) mass is 991 g/mol. The average molecular weight is 991 g/mol. The van der Waals surface area contributed by atoms with Crippen LogP contribution < -0.4 is 0 Å².